The highest BCUT2D eigenvalue weighted by Crippen LogP contribution is 2.16. The first-order valence-electron chi connectivity index (χ1n) is 6.23. The van der Waals surface area contributed by atoms with E-state index in [1.807, 2.05) is 37.3 Å². The van der Waals surface area contributed by atoms with Crippen LogP contribution in [0, 0.1) is 0 Å². The van der Waals surface area contributed by atoms with Gasteiger partial charge in [-0.3, -0.25) is 4.79 Å². The quantitative estimate of drug-likeness (QED) is 0.773. The van der Waals surface area contributed by atoms with E-state index in [0.29, 0.717) is 0 Å². The van der Waals surface area contributed by atoms with Crippen molar-refractivity contribution in [3.05, 3.63) is 42.0 Å². The summed E-state index contributed by atoms with van der Waals surface area (Å²) in [5.74, 6) is 0.0000491. The molecule has 0 heterocycles. The number of carbonyl (C=O) groups is 1. The fraction of sp³-hybridized carbons (Fsp3) is 0.400. The van der Waals surface area contributed by atoms with Gasteiger partial charge in [0.1, 0.15) is 0 Å². The second kappa shape index (κ2) is 6.89. The van der Waals surface area contributed by atoms with Gasteiger partial charge in [-0.1, -0.05) is 44.2 Å². The fourth-order valence-corrected chi connectivity index (χ4v) is 1.59. The molecule has 1 aromatic carbocycles. The van der Waals surface area contributed by atoms with Crippen molar-refractivity contribution in [1.29, 1.82) is 0 Å². The van der Waals surface area contributed by atoms with Gasteiger partial charge in [0, 0.05) is 12.1 Å². The van der Waals surface area contributed by atoms with Crippen molar-refractivity contribution in [3.63, 3.8) is 0 Å². The maximum atomic E-state index is 11.8. The molecule has 1 rings (SSSR count). The largest absolute Gasteiger partial charge is 0.350 e. The van der Waals surface area contributed by atoms with Gasteiger partial charge in [-0.25, -0.2) is 0 Å². The number of allylic oxidation sites excluding steroid dienone is 1. The summed E-state index contributed by atoms with van der Waals surface area (Å²) in [7, 11) is 0. The first-order valence-corrected chi connectivity index (χ1v) is 6.23. The minimum atomic E-state index is 0.0000491. The number of benzene rings is 1. The summed E-state index contributed by atoms with van der Waals surface area (Å²) in [5, 5.41) is 2.95. The van der Waals surface area contributed by atoms with E-state index in [2.05, 4.69) is 19.2 Å². The average Bonchev–Trinajstić information content (AvgIpc) is 2.36. The third-order valence-electron chi connectivity index (χ3n) is 2.83. The predicted molar refractivity (Wildman–Crippen MR) is 72.6 cm³/mol. The van der Waals surface area contributed by atoms with Crippen LogP contribution >= 0.6 is 0 Å². The molecule has 0 aromatic heterocycles. The zero-order chi connectivity index (χ0) is 12.7. The van der Waals surface area contributed by atoms with Crippen molar-refractivity contribution in [2.45, 2.75) is 39.7 Å². The molecule has 0 aliphatic carbocycles. The zero-order valence-corrected chi connectivity index (χ0v) is 10.9. The van der Waals surface area contributed by atoms with Crippen LogP contribution in [0.3, 0.4) is 0 Å². The van der Waals surface area contributed by atoms with E-state index >= 15 is 0 Å². The van der Waals surface area contributed by atoms with Gasteiger partial charge in [0.05, 0.1) is 0 Å². The molecule has 1 amide bonds. The van der Waals surface area contributed by atoms with Crippen molar-refractivity contribution >= 4 is 11.5 Å². The van der Waals surface area contributed by atoms with Gasteiger partial charge >= 0.3 is 0 Å². The molecule has 0 saturated heterocycles. The summed E-state index contributed by atoms with van der Waals surface area (Å²) in [4.78, 5) is 11.8. The molecule has 2 heteroatoms. The molecule has 0 aliphatic heterocycles. The molecule has 1 atom stereocenters. The lowest BCUT2D eigenvalue weighted by Gasteiger charge is -2.10. The summed E-state index contributed by atoms with van der Waals surface area (Å²) in [5.41, 5.74) is 2.20. The van der Waals surface area contributed by atoms with Gasteiger partial charge in [0.2, 0.25) is 5.91 Å². The Morgan fingerprint density at radius 2 is 1.94 bits per heavy atom. The summed E-state index contributed by atoms with van der Waals surface area (Å²) in [6.45, 7) is 6.14. The highest BCUT2D eigenvalue weighted by atomic mass is 16.1. The molecule has 0 spiro atoms. The third-order valence-corrected chi connectivity index (χ3v) is 2.83. The number of hydrogen-bond acceptors (Lipinski definition) is 1. The van der Waals surface area contributed by atoms with Gasteiger partial charge in [0.25, 0.3) is 0 Å². The lowest BCUT2D eigenvalue weighted by molar-refractivity contribution is -0.117. The molecule has 0 bridgehead atoms. The average molecular weight is 231 g/mol. The normalized spacial score (nSPS) is 13.2. The van der Waals surface area contributed by atoms with Crippen molar-refractivity contribution in [2.24, 2.45) is 0 Å². The second-order valence-corrected chi connectivity index (χ2v) is 4.21. The van der Waals surface area contributed by atoms with Crippen LogP contribution in [0.2, 0.25) is 0 Å². The molecule has 1 N–H and O–H groups in total. The van der Waals surface area contributed by atoms with Crippen LogP contribution in [0.1, 0.15) is 39.2 Å². The minimum absolute atomic E-state index is 0.0000491. The monoisotopic (exact) mass is 231 g/mol. The number of hydrogen-bond donors (Lipinski definition) is 1. The zero-order valence-electron chi connectivity index (χ0n) is 10.9. The van der Waals surface area contributed by atoms with Crippen LogP contribution < -0.4 is 5.32 Å². The SMILES string of the molecule is CC/C(=C\C(=O)NC(C)CC)c1ccccc1. The van der Waals surface area contributed by atoms with E-state index in [-0.39, 0.29) is 11.9 Å². The van der Waals surface area contributed by atoms with Crippen molar-refractivity contribution in [1.82, 2.24) is 5.32 Å². The van der Waals surface area contributed by atoms with Crippen LogP contribution in [0.4, 0.5) is 0 Å². The number of carbonyl (C=O) groups excluding carboxylic acids is 1. The maximum Gasteiger partial charge on any atom is 0.244 e. The molecular formula is C15H21NO. The summed E-state index contributed by atoms with van der Waals surface area (Å²) in [6.07, 6.45) is 3.52. The van der Waals surface area contributed by atoms with Gasteiger partial charge in [0.15, 0.2) is 0 Å². The molecule has 0 aliphatic rings. The van der Waals surface area contributed by atoms with Gasteiger partial charge < -0.3 is 5.32 Å². The molecule has 0 fully saturated rings. The van der Waals surface area contributed by atoms with Gasteiger partial charge in [-0.15, -0.1) is 0 Å². The maximum absolute atomic E-state index is 11.8. The van der Waals surface area contributed by atoms with Gasteiger partial charge in [-0.05, 0) is 30.9 Å². The standard InChI is InChI=1S/C15H21NO/c1-4-12(3)16-15(17)11-13(5-2)14-9-7-6-8-10-14/h6-12H,4-5H2,1-3H3,(H,16,17)/b13-11+. The Morgan fingerprint density at radius 3 is 2.47 bits per heavy atom. The molecule has 17 heavy (non-hydrogen) atoms. The molecule has 0 radical (unpaired) electrons. The number of nitrogens with one attached hydrogen (secondary N) is 1. The highest BCUT2D eigenvalue weighted by molar-refractivity contribution is 5.95. The van der Waals surface area contributed by atoms with E-state index in [1.54, 1.807) is 6.08 Å². The van der Waals surface area contributed by atoms with Crippen LogP contribution in [0.15, 0.2) is 36.4 Å². The number of rotatable bonds is 5. The summed E-state index contributed by atoms with van der Waals surface area (Å²) >= 11 is 0. The van der Waals surface area contributed by atoms with Crippen LogP contribution in [0.25, 0.3) is 5.57 Å². The Bertz CT molecular complexity index is 381. The molecule has 1 unspecified atom stereocenters. The van der Waals surface area contributed by atoms with Crippen LogP contribution in [-0.2, 0) is 4.79 Å². The van der Waals surface area contributed by atoms with Crippen LogP contribution in [-0.4, -0.2) is 11.9 Å². The molecule has 2 nitrogen and oxygen atoms in total. The Balaban J connectivity index is 2.77. The highest BCUT2D eigenvalue weighted by Gasteiger charge is 2.05. The Hall–Kier alpha value is -1.57. The summed E-state index contributed by atoms with van der Waals surface area (Å²) < 4.78 is 0. The van der Waals surface area contributed by atoms with E-state index in [1.165, 1.54) is 0 Å². The molecule has 92 valence electrons. The van der Waals surface area contributed by atoms with Crippen molar-refractivity contribution in [3.8, 4) is 0 Å². The Morgan fingerprint density at radius 1 is 1.29 bits per heavy atom. The molecule has 0 saturated carbocycles. The van der Waals surface area contributed by atoms with E-state index < -0.39 is 0 Å². The molecular weight excluding hydrogens is 210 g/mol. The minimum Gasteiger partial charge on any atom is -0.350 e. The first kappa shape index (κ1) is 13.5. The number of amides is 1. The Labute approximate surface area is 104 Å². The van der Waals surface area contributed by atoms with Crippen molar-refractivity contribution < 1.29 is 4.79 Å². The molecule has 1 aromatic rings. The topological polar surface area (TPSA) is 29.1 Å². The first-order chi connectivity index (χ1) is 8.17. The van der Waals surface area contributed by atoms with Crippen molar-refractivity contribution in [2.75, 3.05) is 0 Å². The van der Waals surface area contributed by atoms with E-state index in [9.17, 15) is 4.79 Å². The third kappa shape index (κ3) is 4.43. The van der Waals surface area contributed by atoms with Gasteiger partial charge in [-0.2, -0.15) is 0 Å². The second-order valence-electron chi connectivity index (χ2n) is 4.21. The Kier molecular flexibility index (Phi) is 5.47. The summed E-state index contributed by atoms with van der Waals surface area (Å²) in [6, 6.07) is 10.3. The smallest absolute Gasteiger partial charge is 0.244 e. The van der Waals surface area contributed by atoms with E-state index in [4.69, 9.17) is 0 Å². The van der Waals surface area contributed by atoms with E-state index in [0.717, 1.165) is 24.0 Å². The lowest BCUT2D eigenvalue weighted by Crippen LogP contribution is -2.30. The lowest BCUT2D eigenvalue weighted by atomic mass is 10.0. The predicted octanol–water partition coefficient (Wildman–Crippen LogP) is 3.39. The van der Waals surface area contributed by atoms with Crippen LogP contribution in [0.5, 0.6) is 0 Å². The fourth-order valence-electron chi connectivity index (χ4n) is 1.59.